The van der Waals surface area contributed by atoms with Crippen LogP contribution in [-0.4, -0.2) is 11.9 Å². The van der Waals surface area contributed by atoms with E-state index >= 15 is 0 Å². The summed E-state index contributed by atoms with van der Waals surface area (Å²) in [5, 5.41) is 1.04. The molecule has 0 heterocycles. The van der Waals surface area contributed by atoms with Gasteiger partial charge in [-0.05, 0) is 24.3 Å². The van der Waals surface area contributed by atoms with E-state index in [0.29, 0.717) is 22.2 Å². The summed E-state index contributed by atoms with van der Waals surface area (Å²) < 4.78 is 16.6. The van der Waals surface area contributed by atoms with Gasteiger partial charge in [0.25, 0.3) is 0 Å². The number of nitrogen functional groups attached to an aromatic ring is 1. The average Bonchev–Trinajstić information content (AvgIpc) is 2.62. The Morgan fingerprint density at radius 1 is 0.815 bits per heavy atom. The van der Waals surface area contributed by atoms with Crippen molar-refractivity contribution in [2.24, 2.45) is 0 Å². The van der Waals surface area contributed by atoms with Crippen LogP contribution in [0, 0.1) is 0 Å². The minimum atomic E-state index is -0.543. The standard InChI is InChI=1S/C20H16ClNO5/c1-11(23)25-18-15-5-3-4-6-16(15)19(26-12(2)24)20(17(18)21)27-14-9-7-13(22)8-10-14/h3-10H,22H2,1-2H3. The van der Waals surface area contributed by atoms with Crippen molar-refractivity contribution < 1.29 is 23.8 Å². The van der Waals surface area contributed by atoms with Crippen molar-refractivity contribution >= 4 is 40.0 Å². The molecule has 0 saturated carbocycles. The van der Waals surface area contributed by atoms with Crippen LogP contribution in [0.4, 0.5) is 5.69 Å². The molecule has 6 nitrogen and oxygen atoms in total. The lowest BCUT2D eigenvalue weighted by Gasteiger charge is -2.18. The molecule has 0 atom stereocenters. The number of hydrogen-bond acceptors (Lipinski definition) is 6. The Balaban J connectivity index is 2.27. The summed E-state index contributed by atoms with van der Waals surface area (Å²) in [5.74, 6) is -0.341. The van der Waals surface area contributed by atoms with Crippen molar-refractivity contribution in [3.63, 3.8) is 0 Å². The largest absolute Gasteiger partial charge is 0.452 e. The number of rotatable bonds is 4. The topological polar surface area (TPSA) is 87.8 Å². The van der Waals surface area contributed by atoms with E-state index < -0.39 is 11.9 Å². The highest BCUT2D eigenvalue weighted by molar-refractivity contribution is 6.35. The normalized spacial score (nSPS) is 10.5. The van der Waals surface area contributed by atoms with E-state index in [4.69, 9.17) is 31.5 Å². The Hall–Kier alpha value is -3.25. The first kappa shape index (κ1) is 18.5. The van der Waals surface area contributed by atoms with Crippen LogP contribution in [0.5, 0.6) is 23.0 Å². The summed E-state index contributed by atoms with van der Waals surface area (Å²) in [6, 6.07) is 13.5. The third-order valence-corrected chi connectivity index (χ3v) is 3.96. The second-order valence-corrected chi connectivity index (χ2v) is 6.08. The number of halogens is 1. The van der Waals surface area contributed by atoms with E-state index in [-0.39, 0.29) is 22.3 Å². The quantitative estimate of drug-likeness (QED) is 0.397. The molecule has 0 unspecified atom stereocenters. The molecule has 0 fully saturated rings. The average molecular weight is 386 g/mol. The van der Waals surface area contributed by atoms with Gasteiger partial charge >= 0.3 is 11.9 Å². The van der Waals surface area contributed by atoms with Gasteiger partial charge in [0.1, 0.15) is 10.8 Å². The van der Waals surface area contributed by atoms with Gasteiger partial charge in [0, 0.05) is 30.3 Å². The van der Waals surface area contributed by atoms with Gasteiger partial charge in [-0.25, -0.2) is 0 Å². The highest BCUT2D eigenvalue weighted by Crippen LogP contribution is 2.50. The fourth-order valence-electron chi connectivity index (χ4n) is 2.56. The Kier molecular flexibility index (Phi) is 5.19. The number of anilines is 1. The SMILES string of the molecule is CC(=O)Oc1c(Cl)c(Oc2ccc(N)cc2)c(OC(C)=O)c2ccccc12. The Morgan fingerprint density at radius 3 is 1.89 bits per heavy atom. The van der Waals surface area contributed by atoms with Gasteiger partial charge in [0.15, 0.2) is 17.2 Å². The zero-order valence-electron chi connectivity index (χ0n) is 14.6. The zero-order chi connectivity index (χ0) is 19.6. The van der Waals surface area contributed by atoms with E-state index in [1.54, 1.807) is 48.5 Å². The zero-order valence-corrected chi connectivity index (χ0v) is 15.4. The molecule has 0 aliphatic heterocycles. The molecular formula is C20H16ClNO5. The second-order valence-electron chi connectivity index (χ2n) is 5.71. The van der Waals surface area contributed by atoms with E-state index in [2.05, 4.69) is 0 Å². The molecule has 7 heteroatoms. The molecule has 3 aromatic carbocycles. The molecule has 138 valence electrons. The number of nitrogens with two attached hydrogens (primary N) is 1. The van der Waals surface area contributed by atoms with Gasteiger partial charge in [-0.3, -0.25) is 9.59 Å². The monoisotopic (exact) mass is 385 g/mol. The van der Waals surface area contributed by atoms with Crippen LogP contribution in [0.3, 0.4) is 0 Å². The number of carbonyl (C=O) groups excluding carboxylic acids is 2. The second kappa shape index (κ2) is 7.55. The molecule has 0 aromatic heterocycles. The van der Waals surface area contributed by atoms with Crippen LogP contribution >= 0.6 is 11.6 Å². The van der Waals surface area contributed by atoms with Crippen LogP contribution in [0.1, 0.15) is 13.8 Å². The molecular weight excluding hydrogens is 370 g/mol. The summed E-state index contributed by atoms with van der Waals surface area (Å²) in [4.78, 5) is 23.2. The summed E-state index contributed by atoms with van der Waals surface area (Å²) >= 11 is 6.48. The molecule has 27 heavy (non-hydrogen) atoms. The number of fused-ring (bicyclic) bond motifs is 1. The van der Waals surface area contributed by atoms with Crippen LogP contribution in [0.15, 0.2) is 48.5 Å². The van der Waals surface area contributed by atoms with Crippen molar-refractivity contribution in [2.45, 2.75) is 13.8 Å². The Bertz CT molecular complexity index is 1030. The maximum Gasteiger partial charge on any atom is 0.308 e. The van der Waals surface area contributed by atoms with Gasteiger partial charge < -0.3 is 19.9 Å². The summed E-state index contributed by atoms with van der Waals surface area (Å²) in [7, 11) is 0. The lowest BCUT2D eigenvalue weighted by atomic mass is 10.1. The Morgan fingerprint density at radius 2 is 1.33 bits per heavy atom. The van der Waals surface area contributed by atoms with Gasteiger partial charge in [-0.2, -0.15) is 0 Å². The Labute approximate surface area is 160 Å². The molecule has 0 saturated heterocycles. The lowest BCUT2D eigenvalue weighted by Crippen LogP contribution is -2.07. The van der Waals surface area contributed by atoms with Crippen molar-refractivity contribution in [2.75, 3.05) is 5.73 Å². The first-order chi connectivity index (χ1) is 12.9. The molecule has 0 bridgehead atoms. The maximum atomic E-state index is 11.7. The van der Waals surface area contributed by atoms with Gasteiger partial charge in [0.2, 0.25) is 0 Å². The minimum Gasteiger partial charge on any atom is -0.452 e. The van der Waals surface area contributed by atoms with E-state index in [1.807, 2.05) is 0 Å². The van der Waals surface area contributed by atoms with Crippen molar-refractivity contribution in [3.05, 3.63) is 53.6 Å². The third-order valence-electron chi connectivity index (χ3n) is 3.61. The van der Waals surface area contributed by atoms with Crippen LogP contribution in [0.2, 0.25) is 5.02 Å². The summed E-state index contributed by atoms with van der Waals surface area (Å²) in [6.45, 7) is 2.54. The van der Waals surface area contributed by atoms with E-state index in [0.717, 1.165) is 0 Å². The van der Waals surface area contributed by atoms with Crippen molar-refractivity contribution in [1.29, 1.82) is 0 Å². The van der Waals surface area contributed by atoms with E-state index in [1.165, 1.54) is 13.8 Å². The number of esters is 2. The first-order valence-corrected chi connectivity index (χ1v) is 8.39. The number of ether oxygens (including phenoxy) is 3. The minimum absolute atomic E-state index is 0.0111. The lowest BCUT2D eigenvalue weighted by molar-refractivity contribution is -0.133. The highest BCUT2D eigenvalue weighted by atomic mass is 35.5. The smallest absolute Gasteiger partial charge is 0.308 e. The molecule has 3 aromatic rings. The highest BCUT2D eigenvalue weighted by Gasteiger charge is 2.24. The number of benzene rings is 3. The number of carbonyl (C=O) groups is 2. The summed E-state index contributed by atoms with van der Waals surface area (Å²) in [6.07, 6.45) is 0. The summed E-state index contributed by atoms with van der Waals surface area (Å²) in [5.41, 5.74) is 6.25. The van der Waals surface area contributed by atoms with Gasteiger partial charge in [-0.1, -0.05) is 35.9 Å². The number of hydrogen-bond donors (Lipinski definition) is 1. The molecule has 0 radical (unpaired) electrons. The van der Waals surface area contributed by atoms with Crippen LogP contribution in [-0.2, 0) is 9.59 Å². The van der Waals surface area contributed by atoms with Crippen molar-refractivity contribution in [1.82, 2.24) is 0 Å². The molecule has 3 rings (SSSR count). The predicted molar refractivity (Wildman–Crippen MR) is 103 cm³/mol. The molecule has 0 spiro atoms. The fourth-order valence-corrected chi connectivity index (χ4v) is 2.82. The maximum absolute atomic E-state index is 11.7. The predicted octanol–water partition coefficient (Wildman–Crippen LogP) is 4.72. The fraction of sp³-hybridized carbons (Fsp3) is 0.100. The van der Waals surface area contributed by atoms with E-state index in [9.17, 15) is 9.59 Å². The van der Waals surface area contributed by atoms with Crippen LogP contribution < -0.4 is 19.9 Å². The third kappa shape index (κ3) is 3.96. The molecule has 0 aliphatic rings. The van der Waals surface area contributed by atoms with Crippen molar-refractivity contribution in [3.8, 4) is 23.0 Å². The van der Waals surface area contributed by atoms with Crippen LogP contribution in [0.25, 0.3) is 10.8 Å². The first-order valence-electron chi connectivity index (χ1n) is 8.01. The van der Waals surface area contributed by atoms with Gasteiger partial charge in [0.05, 0.1) is 0 Å². The molecule has 0 aliphatic carbocycles. The van der Waals surface area contributed by atoms with Gasteiger partial charge in [-0.15, -0.1) is 0 Å². The molecule has 0 amide bonds. The molecule has 2 N–H and O–H groups in total.